The second kappa shape index (κ2) is 3.98. The van der Waals surface area contributed by atoms with Gasteiger partial charge in [0, 0.05) is 12.1 Å². The van der Waals surface area contributed by atoms with Crippen LogP contribution in [0, 0.1) is 16.7 Å². The molecule has 0 aliphatic heterocycles. The van der Waals surface area contributed by atoms with Gasteiger partial charge in [-0.3, -0.25) is 19.4 Å². The molecule has 2 unspecified atom stereocenters. The number of anilines is 1. The summed E-state index contributed by atoms with van der Waals surface area (Å²) in [6.45, 7) is 3.69. The Morgan fingerprint density at radius 1 is 1.40 bits per heavy atom. The maximum absolute atomic E-state index is 12.7. The Labute approximate surface area is 116 Å². The Morgan fingerprint density at radius 3 is 2.70 bits per heavy atom. The molecule has 1 N–H and O–H groups in total. The van der Waals surface area contributed by atoms with Gasteiger partial charge in [-0.15, -0.1) is 0 Å². The molecule has 0 spiro atoms. The van der Waals surface area contributed by atoms with Gasteiger partial charge in [0.15, 0.2) is 0 Å². The van der Waals surface area contributed by atoms with Crippen molar-refractivity contribution in [2.45, 2.75) is 26.7 Å². The van der Waals surface area contributed by atoms with Gasteiger partial charge in [-0.1, -0.05) is 13.8 Å². The zero-order chi connectivity index (χ0) is 14.5. The molecule has 0 radical (unpaired) electrons. The number of carbonyl (C=O) groups excluding carboxylic acids is 3. The monoisotopic (exact) mass is 272 g/mol. The number of aromatic nitrogens is 1. The Kier molecular flexibility index (Phi) is 2.58. The summed E-state index contributed by atoms with van der Waals surface area (Å²) in [4.78, 5) is 40.9. The molecule has 2 fully saturated rings. The molecule has 3 rings (SSSR count). The summed E-state index contributed by atoms with van der Waals surface area (Å²) in [6, 6.07) is 3.42. The fraction of sp³-hybridized carbons (Fsp3) is 0.467. The van der Waals surface area contributed by atoms with E-state index in [1.807, 2.05) is 13.8 Å². The van der Waals surface area contributed by atoms with Gasteiger partial charge in [-0.05, 0) is 30.4 Å². The summed E-state index contributed by atoms with van der Waals surface area (Å²) in [5, 5.41) is 2.73. The predicted octanol–water partition coefficient (Wildman–Crippen LogP) is 1.59. The zero-order valence-electron chi connectivity index (χ0n) is 11.5. The van der Waals surface area contributed by atoms with Crippen molar-refractivity contribution in [2.75, 3.05) is 5.32 Å². The molecule has 1 aromatic heterocycles. The van der Waals surface area contributed by atoms with Crippen LogP contribution in [0.25, 0.3) is 0 Å². The zero-order valence-corrected chi connectivity index (χ0v) is 11.5. The normalized spacial score (nSPS) is 30.6. The van der Waals surface area contributed by atoms with E-state index in [1.165, 1.54) is 6.20 Å². The minimum absolute atomic E-state index is 0.324. The highest BCUT2D eigenvalue weighted by Gasteiger charge is 2.72. The first-order valence-electron chi connectivity index (χ1n) is 6.71. The molecule has 1 aromatic rings. The third kappa shape index (κ3) is 1.38. The molecule has 1 amide bonds. The molecule has 2 aliphatic carbocycles. The lowest BCUT2D eigenvalue weighted by Crippen LogP contribution is -2.47. The van der Waals surface area contributed by atoms with Crippen LogP contribution in [0.4, 0.5) is 5.69 Å². The lowest BCUT2D eigenvalue weighted by Gasteiger charge is -2.33. The Bertz CT molecular complexity index is 609. The SMILES string of the molecule is CC1(C)C2CCC1(C(=O)Nc1cccnc1)C(=O)C2=O. The number of nitrogens with zero attached hydrogens (tertiary/aromatic N) is 1. The van der Waals surface area contributed by atoms with Crippen molar-refractivity contribution in [3.8, 4) is 0 Å². The smallest absolute Gasteiger partial charge is 0.239 e. The number of ketones is 2. The average Bonchev–Trinajstić information content (AvgIpc) is 2.76. The van der Waals surface area contributed by atoms with E-state index in [4.69, 9.17) is 0 Å². The minimum Gasteiger partial charge on any atom is -0.324 e. The maximum atomic E-state index is 12.7. The number of carbonyl (C=O) groups is 3. The second-order valence-corrected chi connectivity index (χ2v) is 6.11. The Morgan fingerprint density at radius 2 is 2.15 bits per heavy atom. The van der Waals surface area contributed by atoms with Crippen molar-refractivity contribution in [2.24, 2.45) is 16.7 Å². The fourth-order valence-electron chi connectivity index (χ4n) is 3.76. The topological polar surface area (TPSA) is 76.1 Å². The van der Waals surface area contributed by atoms with Crippen LogP contribution in [-0.2, 0) is 14.4 Å². The van der Waals surface area contributed by atoms with Gasteiger partial charge in [0.05, 0.1) is 11.9 Å². The third-order valence-corrected chi connectivity index (χ3v) is 5.01. The van der Waals surface area contributed by atoms with E-state index in [0.717, 1.165) is 0 Å². The first-order valence-corrected chi connectivity index (χ1v) is 6.71. The predicted molar refractivity (Wildman–Crippen MR) is 71.8 cm³/mol. The molecule has 0 aromatic carbocycles. The first-order chi connectivity index (χ1) is 9.41. The first kappa shape index (κ1) is 13.0. The number of nitrogens with one attached hydrogen (secondary N) is 1. The third-order valence-electron chi connectivity index (χ3n) is 5.01. The van der Waals surface area contributed by atoms with Gasteiger partial charge in [0.25, 0.3) is 0 Å². The van der Waals surface area contributed by atoms with Crippen molar-refractivity contribution in [3.63, 3.8) is 0 Å². The van der Waals surface area contributed by atoms with E-state index in [1.54, 1.807) is 18.3 Å². The van der Waals surface area contributed by atoms with Crippen molar-refractivity contribution < 1.29 is 14.4 Å². The van der Waals surface area contributed by atoms with Crippen LogP contribution in [0.2, 0.25) is 0 Å². The summed E-state index contributed by atoms with van der Waals surface area (Å²) in [5.74, 6) is -1.62. The number of hydrogen-bond donors (Lipinski definition) is 1. The highest BCUT2D eigenvalue weighted by Crippen LogP contribution is 2.62. The minimum atomic E-state index is -1.22. The Hall–Kier alpha value is -2.04. The number of pyridine rings is 1. The van der Waals surface area contributed by atoms with Crippen LogP contribution in [0.1, 0.15) is 26.7 Å². The molecule has 20 heavy (non-hydrogen) atoms. The Balaban J connectivity index is 1.98. The molecule has 2 aliphatic rings. The lowest BCUT2D eigenvalue weighted by molar-refractivity contribution is -0.147. The summed E-state index contributed by atoms with van der Waals surface area (Å²) in [5.41, 5.74) is -1.30. The summed E-state index contributed by atoms with van der Waals surface area (Å²) < 4.78 is 0. The molecular weight excluding hydrogens is 256 g/mol. The van der Waals surface area contributed by atoms with Gasteiger partial charge in [-0.25, -0.2) is 0 Å². The highest BCUT2D eigenvalue weighted by atomic mass is 16.2. The largest absolute Gasteiger partial charge is 0.324 e. The van der Waals surface area contributed by atoms with Gasteiger partial charge in [0.1, 0.15) is 5.41 Å². The van der Waals surface area contributed by atoms with Gasteiger partial charge in [0.2, 0.25) is 17.5 Å². The molecule has 5 heteroatoms. The average molecular weight is 272 g/mol. The van der Waals surface area contributed by atoms with Gasteiger partial charge >= 0.3 is 0 Å². The number of fused-ring (bicyclic) bond motifs is 2. The quantitative estimate of drug-likeness (QED) is 0.655. The van der Waals surface area contributed by atoms with Gasteiger partial charge < -0.3 is 5.32 Å². The number of rotatable bonds is 2. The molecule has 2 bridgehead atoms. The van der Waals surface area contributed by atoms with Crippen LogP contribution in [0.5, 0.6) is 0 Å². The molecule has 2 atom stereocenters. The standard InChI is InChI=1S/C15H16N2O3/c1-14(2)10-5-6-15(14,12(19)11(10)18)13(20)17-9-4-3-7-16-8-9/h3-4,7-8,10H,5-6H2,1-2H3,(H,17,20). The summed E-state index contributed by atoms with van der Waals surface area (Å²) in [7, 11) is 0. The van der Waals surface area contributed by atoms with Crippen LogP contribution >= 0.6 is 0 Å². The van der Waals surface area contributed by atoms with Crippen LogP contribution in [0.3, 0.4) is 0 Å². The number of hydrogen-bond acceptors (Lipinski definition) is 4. The van der Waals surface area contributed by atoms with Crippen molar-refractivity contribution >= 4 is 23.2 Å². The van der Waals surface area contributed by atoms with Crippen LogP contribution in [0.15, 0.2) is 24.5 Å². The fourth-order valence-corrected chi connectivity index (χ4v) is 3.76. The molecule has 0 saturated heterocycles. The highest BCUT2D eigenvalue weighted by molar-refractivity contribution is 6.48. The van der Waals surface area contributed by atoms with E-state index < -0.39 is 16.6 Å². The summed E-state index contributed by atoms with van der Waals surface area (Å²) >= 11 is 0. The van der Waals surface area contributed by atoms with E-state index in [9.17, 15) is 14.4 Å². The van der Waals surface area contributed by atoms with Crippen molar-refractivity contribution in [1.29, 1.82) is 0 Å². The molecule has 2 saturated carbocycles. The maximum Gasteiger partial charge on any atom is 0.239 e. The van der Waals surface area contributed by atoms with Crippen molar-refractivity contribution in [1.82, 2.24) is 4.98 Å². The molecule has 5 nitrogen and oxygen atoms in total. The number of Topliss-reactive ketones (excluding diaryl/α,β-unsaturated/α-hetero) is 2. The number of amides is 1. The van der Waals surface area contributed by atoms with Crippen LogP contribution < -0.4 is 5.32 Å². The van der Waals surface area contributed by atoms with E-state index in [-0.39, 0.29) is 17.6 Å². The van der Waals surface area contributed by atoms with E-state index in [2.05, 4.69) is 10.3 Å². The molecular formula is C15H16N2O3. The van der Waals surface area contributed by atoms with Crippen LogP contribution in [-0.4, -0.2) is 22.5 Å². The van der Waals surface area contributed by atoms with Gasteiger partial charge in [-0.2, -0.15) is 0 Å². The van der Waals surface area contributed by atoms with E-state index in [0.29, 0.717) is 18.5 Å². The molecule has 1 heterocycles. The second-order valence-electron chi connectivity index (χ2n) is 6.11. The lowest BCUT2D eigenvalue weighted by atomic mass is 9.68. The summed E-state index contributed by atoms with van der Waals surface area (Å²) in [6.07, 6.45) is 4.18. The van der Waals surface area contributed by atoms with E-state index >= 15 is 0 Å². The van der Waals surface area contributed by atoms with Crippen molar-refractivity contribution in [3.05, 3.63) is 24.5 Å². The molecule has 104 valence electrons.